The van der Waals surface area contributed by atoms with Crippen LogP contribution in [0.1, 0.15) is 0 Å². The number of carbonyl (C=O) groups is 1. The maximum absolute atomic E-state index is 12.6. The first-order chi connectivity index (χ1) is 15.5. The molecule has 32 heavy (non-hydrogen) atoms. The highest BCUT2D eigenvalue weighted by Gasteiger charge is 2.16. The van der Waals surface area contributed by atoms with Gasteiger partial charge in [0.2, 0.25) is 5.91 Å². The topological polar surface area (TPSA) is 112 Å². The number of fused-ring (bicyclic) bond motifs is 1. The molecule has 0 atom stereocenters. The maximum atomic E-state index is 12.6. The molecule has 0 radical (unpaired) electrons. The van der Waals surface area contributed by atoms with E-state index in [4.69, 9.17) is 21.1 Å². The molecule has 0 fully saturated rings. The first kappa shape index (κ1) is 21.2. The average Bonchev–Trinajstić information content (AvgIpc) is 3.09. The number of ether oxygens (including phenoxy) is 2. The molecule has 0 aliphatic heterocycles. The van der Waals surface area contributed by atoms with Gasteiger partial charge in [-0.3, -0.25) is 4.79 Å². The minimum Gasteiger partial charge on any atom is -0.495 e. The molecule has 164 valence electrons. The highest BCUT2D eigenvalue weighted by molar-refractivity contribution is 6.32. The highest BCUT2D eigenvalue weighted by atomic mass is 35.5. The van der Waals surface area contributed by atoms with Crippen LogP contribution >= 0.6 is 11.6 Å². The summed E-state index contributed by atoms with van der Waals surface area (Å²) in [5, 5.41) is 10.3. The molecule has 0 saturated carbocycles. The molecule has 2 heterocycles. The van der Waals surface area contributed by atoms with E-state index in [1.54, 1.807) is 18.3 Å². The van der Waals surface area contributed by atoms with Crippen molar-refractivity contribution in [2.45, 2.75) is 6.54 Å². The van der Waals surface area contributed by atoms with E-state index in [9.17, 15) is 9.59 Å². The minimum atomic E-state index is -0.492. The van der Waals surface area contributed by atoms with Gasteiger partial charge in [0.15, 0.2) is 0 Å². The number of para-hydroxylation sites is 1. The van der Waals surface area contributed by atoms with Gasteiger partial charge >= 0.3 is 5.69 Å². The zero-order valence-corrected chi connectivity index (χ0v) is 18.0. The molecule has 2 N–H and O–H groups in total. The normalized spacial score (nSPS) is 10.7. The van der Waals surface area contributed by atoms with Crippen LogP contribution in [0.5, 0.6) is 11.5 Å². The number of methoxy groups -OCH3 is 2. The third-order valence-corrected chi connectivity index (χ3v) is 4.84. The predicted molar refractivity (Wildman–Crippen MR) is 120 cm³/mol. The van der Waals surface area contributed by atoms with E-state index in [1.165, 1.54) is 24.7 Å². The van der Waals surface area contributed by atoms with Crippen molar-refractivity contribution in [3.63, 3.8) is 0 Å². The van der Waals surface area contributed by atoms with Gasteiger partial charge in [-0.2, -0.15) is 4.98 Å². The molecular weight excluding hydrogens is 436 g/mol. The predicted octanol–water partition coefficient (Wildman–Crippen LogP) is 2.94. The number of hydrogen-bond acceptors (Lipinski definition) is 7. The van der Waals surface area contributed by atoms with E-state index >= 15 is 0 Å². The second-order valence-corrected chi connectivity index (χ2v) is 7.06. The molecule has 0 bridgehead atoms. The number of nitrogens with zero attached hydrogens (tertiary/aromatic N) is 4. The Labute approximate surface area is 187 Å². The van der Waals surface area contributed by atoms with Crippen molar-refractivity contribution in [2.24, 2.45) is 0 Å². The van der Waals surface area contributed by atoms with Crippen LogP contribution in [0.3, 0.4) is 0 Å². The molecule has 0 aliphatic carbocycles. The van der Waals surface area contributed by atoms with E-state index in [1.807, 2.05) is 30.3 Å². The van der Waals surface area contributed by atoms with Crippen LogP contribution in [-0.2, 0) is 11.3 Å². The van der Waals surface area contributed by atoms with Gasteiger partial charge in [-0.15, -0.1) is 5.10 Å². The van der Waals surface area contributed by atoms with Gasteiger partial charge in [0.25, 0.3) is 5.78 Å². The van der Waals surface area contributed by atoms with Crippen molar-refractivity contribution >= 4 is 40.5 Å². The summed E-state index contributed by atoms with van der Waals surface area (Å²) in [7, 11) is 2.93. The van der Waals surface area contributed by atoms with Crippen LogP contribution in [-0.4, -0.2) is 39.3 Å². The largest absolute Gasteiger partial charge is 0.495 e. The zero-order chi connectivity index (χ0) is 22.7. The van der Waals surface area contributed by atoms with Crippen molar-refractivity contribution in [3.05, 3.63) is 70.2 Å². The maximum Gasteiger partial charge on any atom is 0.352 e. The lowest BCUT2D eigenvalue weighted by Gasteiger charge is -2.12. The molecule has 0 aliphatic rings. The molecule has 2 aromatic carbocycles. The molecule has 1 amide bonds. The van der Waals surface area contributed by atoms with Crippen LogP contribution in [0.25, 0.3) is 5.78 Å². The minimum absolute atomic E-state index is 0.161. The molecular formula is C21H19ClN6O4. The van der Waals surface area contributed by atoms with E-state index in [2.05, 4.69) is 20.7 Å². The summed E-state index contributed by atoms with van der Waals surface area (Å²) < 4.78 is 12.7. The van der Waals surface area contributed by atoms with E-state index < -0.39 is 11.6 Å². The summed E-state index contributed by atoms with van der Waals surface area (Å²) in [6, 6.07) is 14.2. The third kappa shape index (κ3) is 4.35. The van der Waals surface area contributed by atoms with Crippen molar-refractivity contribution < 1.29 is 14.3 Å². The lowest BCUT2D eigenvalue weighted by molar-refractivity contribution is -0.117. The summed E-state index contributed by atoms with van der Waals surface area (Å²) in [6.45, 7) is -0.323. The Morgan fingerprint density at radius 1 is 1.09 bits per heavy atom. The van der Waals surface area contributed by atoms with Gasteiger partial charge in [-0.1, -0.05) is 29.8 Å². The van der Waals surface area contributed by atoms with Gasteiger partial charge < -0.3 is 20.1 Å². The van der Waals surface area contributed by atoms with Crippen molar-refractivity contribution in [3.8, 4) is 11.5 Å². The Bertz CT molecular complexity index is 1340. The number of halogens is 1. The summed E-state index contributed by atoms with van der Waals surface area (Å²) in [5.74, 6) is 0.957. The van der Waals surface area contributed by atoms with Gasteiger partial charge in [0.05, 0.1) is 24.9 Å². The monoisotopic (exact) mass is 454 g/mol. The van der Waals surface area contributed by atoms with Crippen molar-refractivity contribution in [2.75, 3.05) is 24.9 Å². The fraction of sp³-hybridized carbons (Fsp3) is 0.143. The second kappa shape index (κ2) is 8.98. The Morgan fingerprint density at radius 2 is 1.84 bits per heavy atom. The average molecular weight is 455 g/mol. The molecule has 0 spiro atoms. The van der Waals surface area contributed by atoms with Crippen LogP contribution in [0.15, 0.2) is 59.5 Å². The summed E-state index contributed by atoms with van der Waals surface area (Å²) >= 11 is 6.14. The summed E-state index contributed by atoms with van der Waals surface area (Å²) in [5.41, 5.74) is 0.693. The molecule has 0 unspecified atom stereocenters. The molecule has 11 heteroatoms. The molecule has 2 aromatic heterocycles. The SMILES string of the molecule is COc1cc(OC)c(NC(=O)Cn2nc3nc(Nc4ccccc4)ccn3c2=O)cc1Cl. The first-order valence-electron chi connectivity index (χ1n) is 9.48. The smallest absolute Gasteiger partial charge is 0.352 e. The number of carbonyl (C=O) groups excluding carboxylic acids is 1. The molecule has 0 saturated heterocycles. The van der Waals surface area contributed by atoms with Gasteiger partial charge in [-0.05, 0) is 24.3 Å². The fourth-order valence-corrected chi connectivity index (χ4v) is 3.27. The van der Waals surface area contributed by atoms with E-state index in [0.717, 1.165) is 10.4 Å². The number of anilines is 3. The molecule has 4 rings (SSSR count). The van der Waals surface area contributed by atoms with Gasteiger partial charge in [0.1, 0.15) is 23.9 Å². The van der Waals surface area contributed by atoms with Crippen LogP contribution < -0.4 is 25.8 Å². The quantitative estimate of drug-likeness (QED) is 0.441. The number of amides is 1. The summed E-state index contributed by atoms with van der Waals surface area (Å²) in [4.78, 5) is 29.5. The first-order valence-corrected chi connectivity index (χ1v) is 9.86. The van der Waals surface area contributed by atoms with Gasteiger partial charge in [-0.25, -0.2) is 13.9 Å². The van der Waals surface area contributed by atoms with Crippen LogP contribution in [0, 0.1) is 0 Å². The van der Waals surface area contributed by atoms with Gasteiger partial charge in [0, 0.05) is 18.0 Å². The third-order valence-electron chi connectivity index (χ3n) is 4.54. The highest BCUT2D eigenvalue weighted by Crippen LogP contribution is 2.35. The van der Waals surface area contributed by atoms with Crippen molar-refractivity contribution in [1.29, 1.82) is 0 Å². The number of aromatic nitrogens is 4. The van der Waals surface area contributed by atoms with Crippen LogP contribution in [0.4, 0.5) is 17.2 Å². The molecule has 4 aromatic rings. The van der Waals surface area contributed by atoms with Crippen molar-refractivity contribution in [1.82, 2.24) is 19.2 Å². The fourth-order valence-electron chi connectivity index (χ4n) is 3.03. The lowest BCUT2D eigenvalue weighted by atomic mass is 10.2. The Balaban J connectivity index is 1.54. The second-order valence-electron chi connectivity index (χ2n) is 6.65. The number of benzene rings is 2. The summed E-state index contributed by atoms with van der Waals surface area (Å²) in [6.07, 6.45) is 1.55. The molecule has 10 nitrogen and oxygen atoms in total. The van der Waals surface area contributed by atoms with E-state index in [-0.39, 0.29) is 12.3 Å². The zero-order valence-electron chi connectivity index (χ0n) is 17.2. The lowest BCUT2D eigenvalue weighted by Crippen LogP contribution is -2.28. The number of rotatable bonds is 7. The Hall–Kier alpha value is -4.05. The standard InChI is InChI=1S/C21H19ClN6O4/c1-31-16-11-17(32-2)15(10-14(16)22)24-19(29)12-28-21(30)27-9-8-18(25-20(27)26-28)23-13-6-4-3-5-7-13/h3-11H,12H2,1-2H3,(H,24,29)(H,23,25,26). The Kier molecular flexibility index (Phi) is 5.95. The van der Waals surface area contributed by atoms with Crippen LogP contribution in [0.2, 0.25) is 5.02 Å². The number of hydrogen-bond donors (Lipinski definition) is 2. The van der Waals surface area contributed by atoms with E-state index in [0.29, 0.717) is 28.0 Å². The number of nitrogens with one attached hydrogen (secondary N) is 2. The Morgan fingerprint density at radius 3 is 2.56 bits per heavy atom.